The first-order valence-electron chi connectivity index (χ1n) is 8.24. The Morgan fingerprint density at radius 2 is 2.14 bits per heavy atom. The van der Waals surface area contributed by atoms with Crippen LogP contribution in [0.15, 0.2) is 6.20 Å². The van der Waals surface area contributed by atoms with Gasteiger partial charge >= 0.3 is 0 Å². The van der Waals surface area contributed by atoms with Crippen molar-refractivity contribution in [1.29, 1.82) is 0 Å². The molecule has 0 aromatic carbocycles. The lowest BCUT2D eigenvalue weighted by Gasteiger charge is -2.20. The molecule has 1 atom stereocenters. The van der Waals surface area contributed by atoms with E-state index in [0.29, 0.717) is 18.7 Å². The Hall–Kier alpha value is -1.69. The van der Waals surface area contributed by atoms with Gasteiger partial charge in [-0.25, -0.2) is 9.97 Å². The van der Waals surface area contributed by atoms with Crippen molar-refractivity contribution in [3.8, 4) is 0 Å². The number of likely N-dealkylation sites (tertiary alicyclic amines) is 1. The van der Waals surface area contributed by atoms with Crippen molar-refractivity contribution in [3.05, 3.63) is 17.5 Å². The Kier molecular flexibility index (Phi) is 4.57. The number of hydrogen-bond donors (Lipinski definition) is 1. The Morgan fingerprint density at radius 3 is 2.77 bits per heavy atom. The molecule has 2 aliphatic rings. The number of aliphatic hydroxyl groups is 1. The number of hydrogen-bond acceptors (Lipinski definition) is 5. The molecule has 0 aliphatic carbocycles. The molecular formula is C16H24N4O2. The van der Waals surface area contributed by atoms with E-state index in [1.807, 2.05) is 11.8 Å². The minimum Gasteiger partial charge on any atom is -0.396 e. The fourth-order valence-electron chi connectivity index (χ4n) is 3.26. The molecule has 6 nitrogen and oxygen atoms in total. The minimum absolute atomic E-state index is 0.000715. The molecule has 3 heterocycles. The molecule has 22 heavy (non-hydrogen) atoms. The molecule has 1 N–H and O–H groups in total. The summed E-state index contributed by atoms with van der Waals surface area (Å²) in [5.41, 5.74) is 1.44. The zero-order valence-electron chi connectivity index (χ0n) is 13.2. The van der Waals surface area contributed by atoms with E-state index < -0.39 is 0 Å². The van der Waals surface area contributed by atoms with E-state index in [4.69, 9.17) is 0 Å². The standard InChI is InChI=1S/C16H24N4O2/c1-2-14-13(15(22)20-8-5-12(10-20)11-21)9-17-16(18-14)19-6-3-4-7-19/h9,12,21H,2-8,10-11H2,1H3/t12-/m1/s1. The zero-order chi connectivity index (χ0) is 15.5. The quantitative estimate of drug-likeness (QED) is 0.902. The van der Waals surface area contributed by atoms with Crippen LogP contribution in [0, 0.1) is 5.92 Å². The van der Waals surface area contributed by atoms with Crippen LogP contribution in [0.3, 0.4) is 0 Å². The van der Waals surface area contributed by atoms with Crippen molar-refractivity contribution >= 4 is 11.9 Å². The van der Waals surface area contributed by atoms with E-state index >= 15 is 0 Å². The van der Waals surface area contributed by atoms with Gasteiger partial charge in [0, 0.05) is 44.9 Å². The first kappa shape index (κ1) is 15.2. The Bertz CT molecular complexity index is 543. The van der Waals surface area contributed by atoms with Crippen LogP contribution in [-0.2, 0) is 6.42 Å². The van der Waals surface area contributed by atoms with Gasteiger partial charge < -0.3 is 14.9 Å². The molecular weight excluding hydrogens is 280 g/mol. The van der Waals surface area contributed by atoms with Crippen molar-refractivity contribution in [1.82, 2.24) is 14.9 Å². The average Bonchev–Trinajstić information content (AvgIpc) is 3.24. The molecule has 0 saturated carbocycles. The van der Waals surface area contributed by atoms with Crippen LogP contribution in [0.25, 0.3) is 0 Å². The van der Waals surface area contributed by atoms with E-state index in [-0.39, 0.29) is 18.4 Å². The number of aryl methyl sites for hydroxylation is 1. The predicted octanol–water partition coefficient (Wildman–Crippen LogP) is 1.09. The van der Waals surface area contributed by atoms with Crippen LogP contribution < -0.4 is 4.90 Å². The molecule has 3 rings (SSSR count). The van der Waals surface area contributed by atoms with Crippen molar-refractivity contribution in [2.24, 2.45) is 5.92 Å². The first-order valence-corrected chi connectivity index (χ1v) is 8.24. The highest BCUT2D eigenvalue weighted by molar-refractivity contribution is 5.95. The van der Waals surface area contributed by atoms with Crippen LogP contribution in [0.5, 0.6) is 0 Å². The number of amides is 1. The largest absolute Gasteiger partial charge is 0.396 e. The predicted molar refractivity (Wildman–Crippen MR) is 84.0 cm³/mol. The number of nitrogens with zero attached hydrogens (tertiary/aromatic N) is 4. The number of carbonyl (C=O) groups is 1. The molecule has 2 aliphatic heterocycles. The molecule has 2 saturated heterocycles. The summed E-state index contributed by atoms with van der Waals surface area (Å²) in [6.45, 7) is 5.51. The van der Waals surface area contributed by atoms with Gasteiger partial charge in [0.1, 0.15) is 0 Å². The third-order valence-electron chi connectivity index (χ3n) is 4.64. The maximum atomic E-state index is 12.7. The Morgan fingerprint density at radius 1 is 1.36 bits per heavy atom. The fourth-order valence-corrected chi connectivity index (χ4v) is 3.26. The van der Waals surface area contributed by atoms with Crippen molar-refractivity contribution < 1.29 is 9.90 Å². The lowest BCUT2D eigenvalue weighted by Crippen LogP contribution is -2.31. The number of aliphatic hydroxyl groups excluding tert-OH is 1. The highest BCUT2D eigenvalue weighted by Gasteiger charge is 2.28. The van der Waals surface area contributed by atoms with Gasteiger partial charge in [0.15, 0.2) is 0 Å². The molecule has 0 bridgehead atoms. The summed E-state index contributed by atoms with van der Waals surface area (Å²) in [5, 5.41) is 9.23. The van der Waals surface area contributed by atoms with Gasteiger partial charge in [0.2, 0.25) is 5.95 Å². The Labute approximate surface area is 131 Å². The summed E-state index contributed by atoms with van der Waals surface area (Å²) in [4.78, 5) is 25.7. The molecule has 1 aromatic heterocycles. The summed E-state index contributed by atoms with van der Waals surface area (Å²) in [5.74, 6) is 0.958. The Balaban J connectivity index is 1.79. The highest BCUT2D eigenvalue weighted by atomic mass is 16.3. The lowest BCUT2D eigenvalue weighted by atomic mass is 10.1. The van der Waals surface area contributed by atoms with Gasteiger partial charge in [-0.1, -0.05) is 6.92 Å². The first-order chi connectivity index (χ1) is 10.7. The van der Waals surface area contributed by atoms with Gasteiger partial charge in [-0.15, -0.1) is 0 Å². The topological polar surface area (TPSA) is 69.6 Å². The summed E-state index contributed by atoms with van der Waals surface area (Å²) < 4.78 is 0. The van der Waals surface area contributed by atoms with Crippen LogP contribution in [0.1, 0.15) is 42.2 Å². The summed E-state index contributed by atoms with van der Waals surface area (Å²) >= 11 is 0. The number of aromatic nitrogens is 2. The maximum Gasteiger partial charge on any atom is 0.257 e. The van der Waals surface area contributed by atoms with Gasteiger partial charge in [0.05, 0.1) is 11.3 Å². The van der Waals surface area contributed by atoms with E-state index in [0.717, 1.165) is 37.6 Å². The molecule has 0 spiro atoms. The SMILES string of the molecule is CCc1nc(N2CCCC2)ncc1C(=O)N1CC[C@@H](CO)C1. The highest BCUT2D eigenvalue weighted by Crippen LogP contribution is 2.22. The van der Waals surface area contributed by atoms with Gasteiger partial charge in [-0.2, -0.15) is 0 Å². The average molecular weight is 304 g/mol. The van der Waals surface area contributed by atoms with Gasteiger partial charge in [-0.3, -0.25) is 4.79 Å². The van der Waals surface area contributed by atoms with Crippen molar-refractivity contribution in [3.63, 3.8) is 0 Å². The summed E-state index contributed by atoms with van der Waals surface area (Å²) in [7, 11) is 0. The van der Waals surface area contributed by atoms with E-state index in [1.54, 1.807) is 6.20 Å². The fraction of sp³-hybridized carbons (Fsp3) is 0.688. The van der Waals surface area contributed by atoms with Crippen LogP contribution in [-0.4, -0.2) is 58.7 Å². The third kappa shape index (κ3) is 2.92. The third-order valence-corrected chi connectivity index (χ3v) is 4.64. The molecule has 120 valence electrons. The lowest BCUT2D eigenvalue weighted by molar-refractivity contribution is 0.0780. The van der Waals surface area contributed by atoms with Crippen LogP contribution >= 0.6 is 0 Å². The van der Waals surface area contributed by atoms with E-state index in [2.05, 4.69) is 14.9 Å². The molecule has 0 unspecified atom stereocenters. The molecule has 0 radical (unpaired) electrons. The van der Waals surface area contributed by atoms with Crippen LogP contribution in [0.4, 0.5) is 5.95 Å². The second-order valence-electron chi connectivity index (χ2n) is 6.17. The van der Waals surface area contributed by atoms with E-state index in [1.165, 1.54) is 12.8 Å². The minimum atomic E-state index is 0.000715. The molecule has 6 heteroatoms. The normalized spacial score (nSPS) is 21.6. The molecule has 2 fully saturated rings. The number of rotatable bonds is 4. The van der Waals surface area contributed by atoms with E-state index in [9.17, 15) is 9.90 Å². The monoisotopic (exact) mass is 304 g/mol. The second-order valence-corrected chi connectivity index (χ2v) is 6.17. The zero-order valence-corrected chi connectivity index (χ0v) is 13.2. The van der Waals surface area contributed by atoms with Crippen molar-refractivity contribution in [2.45, 2.75) is 32.6 Å². The summed E-state index contributed by atoms with van der Waals surface area (Å²) in [6, 6.07) is 0. The molecule has 1 amide bonds. The van der Waals surface area contributed by atoms with Gasteiger partial charge in [-0.05, 0) is 25.7 Å². The second kappa shape index (κ2) is 6.60. The van der Waals surface area contributed by atoms with Crippen molar-refractivity contribution in [2.75, 3.05) is 37.7 Å². The van der Waals surface area contributed by atoms with Gasteiger partial charge in [0.25, 0.3) is 5.91 Å². The number of anilines is 1. The maximum absolute atomic E-state index is 12.7. The smallest absolute Gasteiger partial charge is 0.257 e. The number of carbonyl (C=O) groups excluding carboxylic acids is 1. The molecule has 1 aromatic rings. The summed E-state index contributed by atoms with van der Waals surface area (Å²) in [6.07, 6.45) is 5.65. The van der Waals surface area contributed by atoms with Crippen LogP contribution in [0.2, 0.25) is 0 Å².